The molecule has 0 saturated carbocycles. The molecule has 0 aliphatic heterocycles. The van der Waals surface area contributed by atoms with Gasteiger partial charge in [0.15, 0.2) is 0 Å². The van der Waals surface area contributed by atoms with Crippen LogP contribution in [-0.2, 0) is 20.7 Å². The Kier molecular flexibility index (Phi) is 7.44. The molecule has 0 saturated heterocycles. The average Bonchev–Trinajstić information content (AvgIpc) is 2.49. The number of aryl methyl sites for hydroxylation is 1. The van der Waals surface area contributed by atoms with Crippen molar-refractivity contribution in [1.82, 2.24) is 0 Å². The maximum atomic E-state index is 11.4. The highest BCUT2D eigenvalue weighted by molar-refractivity contribution is 7.85. The number of halogens is 4. The van der Waals surface area contributed by atoms with Crippen molar-refractivity contribution in [2.24, 2.45) is 0 Å². The molecule has 1 atom stereocenters. The second-order valence-corrected chi connectivity index (χ2v) is 8.96. The molecule has 2 rings (SSSR count). The first-order valence-corrected chi connectivity index (χ1v) is 10.7. The van der Waals surface area contributed by atoms with Gasteiger partial charge in [-0.2, -0.15) is 8.42 Å². The lowest BCUT2D eigenvalue weighted by molar-refractivity contribution is 0.288. The van der Waals surface area contributed by atoms with E-state index in [1.54, 1.807) is 30.3 Å². The summed E-state index contributed by atoms with van der Waals surface area (Å²) in [5, 5.41) is 2.11. The summed E-state index contributed by atoms with van der Waals surface area (Å²) in [4.78, 5) is 0. The van der Waals surface area contributed by atoms with Crippen LogP contribution in [0.2, 0.25) is 20.1 Å². The molecule has 0 radical (unpaired) electrons. The van der Waals surface area contributed by atoms with Gasteiger partial charge < -0.3 is 0 Å². The van der Waals surface area contributed by atoms with E-state index in [2.05, 4.69) is 0 Å². The van der Waals surface area contributed by atoms with Gasteiger partial charge >= 0.3 is 0 Å². The molecular formula is C17H16Cl4O3S. The fourth-order valence-corrected chi connectivity index (χ4v) is 3.90. The van der Waals surface area contributed by atoms with Crippen LogP contribution in [0, 0.1) is 0 Å². The molecule has 0 unspecified atom stereocenters. The van der Waals surface area contributed by atoms with Crippen LogP contribution in [0.4, 0.5) is 0 Å². The van der Waals surface area contributed by atoms with Crippen LogP contribution < -0.4 is 0 Å². The minimum atomic E-state index is -3.56. The van der Waals surface area contributed by atoms with E-state index in [1.807, 2.05) is 6.07 Å². The molecule has 2 aromatic rings. The largest absolute Gasteiger partial charge is 0.270 e. The highest BCUT2D eigenvalue weighted by atomic mass is 35.5. The zero-order chi connectivity index (χ0) is 18.6. The average molecular weight is 442 g/mol. The SMILES string of the molecule is CS(=O)(=O)OC[C@@H](CCc1ccc(Cl)cc1Cl)c1ccc(Cl)cc1Cl. The third-order valence-electron chi connectivity index (χ3n) is 3.66. The zero-order valence-electron chi connectivity index (χ0n) is 13.3. The molecule has 3 nitrogen and oxygen atoms in total. The fraction of sp³-hybridized carbons (Fsp3) is 0.294. The summed E-state index contributed by atoms with van der Waals surface area (Å²) >= 11 is 24.3. The van der Waals surface area contributed by atoms with Crippen LogP contribution in [0.25, 0.3) is 0 Å². The summed E-state index contributed by atoms with van der Waals surface area (Å²) in [5.41, 5.74) is 1.69. The van der Waals surface area contributed by atoms with Crippen LogP contribution in [-0.4, -0.2) is 21.3 Å². The van der Waals surface area contributed by atoms with Gasteiger partial charge in [-0.15, -0.1) is 0 Å². The molecule has 0 aliphatic rings. The van der Waals surface area contributed by atoms with E-state index in [1.165, 1.54) is 0 Å². The molecule has 8 heteroatoms. The van der Waals surface area contributed by atoms with E-state index in [0.29, 0.717) is 32.9 Å². The molecule has 25 heavy (non-hydrogen) atoms. The summed E-state index contributed by atoms with van der Waals surface area (Å²) in [6.07, 6.45) is 2.23. The summed E-state index contributed by atoms with van der Waals surface area (Å²) in [6.45, 7) is -0.00854. The first-order chi connectivity index (χ1) is 11.7. The molecular weight excluding hydrogens is 426 g/mol. The highest BCUT2D eigenvalue weighted by Gasteiger charge is 2.19. The quantitative estimate of drug-likeness (QED) is 0.495. The fourth-order valence-electron chi connectivity index (χ4n) is 2.42. The third-order valence-corrected chi connectivity index (χ3v) is 5.38. The molecule has 0 aromatic heterocycles. The second kappa shape index (κ2) is 8.94. The van der Waals surface area contributed by atoms with Crippen molar-refractivity contribution >= 4 is 56.5 Å². The first kappa shape index (κ1) is 20.8. The van der Waals surface area contributed by atoms with Gasteiger partial charge in [0.05, 0.1) is 12.9 Å². The van der Waals surface area contributed by atoms with Gasteiger partial charge in [-0.1, -0.05) is 58.5 Å². The Bertz CT molecular complexity index is 853. The molecule has 0 aliphatic carbocycles. The van der Waals surface area contributed by atoms with E-state index in [0.717, 1.165) is 17.4 Å². The Balaban J connectivity index is 2.21. The van der Waals surface area contributed by atoms with Crippen molar-refractivity contribution in [2.45, 2.75) is 18.8 Å². The van der Waals surface area contributed by atoms with Crippen LogP contribution in [0.1, 0.15) is 23.5 Å². The van der Waals surface area contributed by atoms with Crippen molar-refractivity contribution in [3.8, 4) is 0 Å². The van der Waals surface area contributed by atoms with E-state index in [9.17, 15) is 8.42 Å². The van der Waals surface area contributed by atoms with E-state index >= 15 is 0 Å². The standard InChI is InChI=1S/C17H16Cl4O3S/c1-25(22,23)24-10-12(15-7-6-14(19)9-17(15)21)3-2-11-4-5-13(18)8-16(11)20/h4-9,12H,2-3,10H2,1H3/t12-/m1/s1. The molecule has 0 spiro atoms. The predicted octanol–water partition coefficient (Wildman–Crippen LogP) is 5.99. The van der Waals surface area contributed by atoms with Gasteiger partial charge in [-0.25, -0.2) is 0 Å². The maximum Gasteiger partial charge on any atom is 0.264 e. The number of hydrogen-bond acceptors (Lipinski definition) is 3. The molecule has 2 aromatic carbocycles. The molecule has 0 fully saturated rings. The summed E-state index contributed by atoms with van der Waals surface area (Å²) in [7, 11) is -3.56. The predicted molar refractivity (Wildman–Crippen MR) is 105 cm³/mol. The third kappa shape index (κ3) is 6.63. The summed E-state index contributed by atoms with van der Waals surface area (Å²) in [6, 6.07) is 10.4. The van der Waals surface area contributed by atoms with Gasteiger partial charge in [0.1, 0.15) is 0 Å². The van der Waals surface area contributed by atoms with Crippen LogP contribution >= 0.6 is 46.4 Å². The molecule has 0 amide bonds. The Labute approximate surface area is 167 Å². The first-order valence-electron chi connectivity index (χ1n) is 7.39. The lowest BCUT2D eigenvalue weighted by Crippen LogP contribution is -2.13. The van der Waals surface area contributed by atoms with E-state index in [4.69, 9.17) is 50.6 Å². The van der Waals surface area contributed by atoms with Crippen LogP contribution in [0.5, 0.6) is 0 Å². The minimum Gasteiger partial charge on any atom is -0.270 e. The monoisotopic (exact) mass is 440 g/mol. The Morgan fingerprint density at radius 3 is 2.12 bits per heavy atom. The van der Waals surface area contributed by atoms with Gasteiger partial charge in [-0.05, 0) is 48.2 Å². The summed E-state index contributed by atoms with van der Waals surface area (Å²) in [5.74, 6) is -0.230. The second-order valence-electron chi connectivity index (χ2n) is 5.63. The Morgan fingerprint density at radius 2 is 1.56 bits per heavy atom. The minimum absolute atomic E-state index is 0.00854. The molecule has 136 valence electrons. The van der Waals surface area contributed by atoms with Crippen molar-refractivity contribution in [2.75, 3.05) is 12.9 Å². The van der Waals surface area contributed by atoms with Crippen molar-refractivity contribution < 1.29 is 12.6 Å². The van der Waals surface area contributed by atoms with Crippen LogP contribution in [0.3, 0.4) is 0 Å². The number of hydrogen-bond donors (Lipinski definition) is 0. The molecule has 0 bridgehead atoms. The molecule has 0 heterocycles. The van der Waals surface area contributed by atoms with Crippen molar-refractivity contribution in [1.29, 1.82) is 0 Å². The normalized spacial score (nSPS) is 13.0. The topological polar surface area (TPSA) is 43.4 Å². The van der Waals surface area contributed by atoms with Gasteiger partial charge in [0.2, 0.25) is 0 Å². The summed E-state index contributed by atoms with van der Waals surface area (Å²) < 4.78 is 27.7. The van der Waals surface area contributed by atoms with E-state index in [-0.39, 0.29) is 12.5 Å². The lowest BCUT2D eigenvalue weighted by atomic mass is 9.93. The number of rotatable bonds is 7. The highest BCUT2D eigenvalue weighted by Crippen LogP contribution is 2.32. The van der Waals surface area contributed by atoms with Gasteiger partial charge in [0.25, 0.3) is 10.1 Å². The zero-order valence-corrected chi connectivity index (χ0v) is 17.1. The van der Waals surface area contributed by atoms with Crippen LogP contribution in [0.15, 0.2) is 36.4 Å². The molecule has 0 N–H and O–H groups in total. The van der Waals surface area contributed by atoms with Gasteiger partial charge in [-0.3, -0.25) is 4.18 Å². The van der Waals surface area contributed by atoms with Crippen molar-refractivity contribution in [3.05, 3.63) is 67.6 Å². The Hall–Kier alpha value is -0.490. The maximum absolute atomic E-state index is 11.4. The Morgan fingerprint density at radius 1 is 0.960 bits per heavy atom. The van der Waals surface area contributed by atoms with Crippen molar-refractivity contribution in [3.63, 3.8) is 0 Å². The van der Waals surface area contributed by atoms with Gasteiger partial charge in [0, 0.05) is 26.0 Å². The lowest BCUT2D eigenvalue weighted by Gasteiger charge is -2.19. The smallest absolute Gasteiger partial charge is 0.264 e. The van der Waals surface area contributed by atoms with E-state index < -0.39 is 10.1 Å². The number of benzene rings is 2.